The molecule has 0 aliphatic rings. The van der Waals surface area contributed by atoms with Crippen molar-refractivity contribution in [2.45, 2.75) is 6.92 Å². The van der Waals surface area contributed by atoms with Crippen LogP contribution in [0.2, 0.25) is 0 Å². The number of halogens is 1. The molecule has 4 heteroatoms. The van der Waals surface area contributed by atoms with Crippen molar-refractivity contribution in [1.82, 2.24) is 0 Å². The first-order valence-electron chi connectivity index (χ1n) is 3.25. The maximum atomic E-state index is 10.5. The van der Waals surface area contributed by atoms with Gasteiger partial charge in [0.25, 0.3) is 0 Å². The van der Waals surface area contributed by atoms with E-state index >= 15 is 0 Å². The van der Waals surface area contributed by atoms with Crippen LogP contribution in [0.3, 0.4) is 0 Å². The minimum absolute atomic E-state index is 0.0122. The quantitative estimate of drug-likeness (QED) is 0.778. The van der Waals surface area contributed by atoms with Gasteiger partial charge in [0.15, 0.2) is 0 Å². The number of phenols is 1. The molecule has 0 amide bonds. The standard InChI is InChI=1S/C8H7BrO3/c1-4-6(9)2-5(8(11)12)3-7(4)10/h2-3,10H,1H3,(H,11,12). The van der Waals surface area contributed by atoms with Gasteiger partial charge in [-0.15, -0.1) is 0 Å². The van der Waals surface area contributed by atoms with Gasteiger partial charge in [-0.25, -0.2) is 4.79 Å². The highest BCUT2D eigenvalue weighted by Gasteiger charge is 2.08. The summed E-state index contributed by atoms with van der Waals surface area (Å²) in [5.41, 5.74) is 0.713. The molecule has 0 bridgehead atoms. The topological polar surface area (TPSA) is 57.5 Å². The Morgan fingerprint density at radius 2 is 2.08 bits per heavy atom. The highest BCUT2D eigenvalue weighted by Crippen LogP contribution is 2.26. The summed E-state index contributed by atoms with van der Waals surface area (Å²) in [6.07, 6.45) is 0. The van der Waals surface area contributed by atoms with E-state index in [0.717, 1.165) is 0 Å². The van der Waals surface area contributed by atoms with Crippen molar-refractivity contribution in [3.8, 4) is 5.75 Å². The van der Waals surface area contributed by atoms with E-state index in [0.29, 0.717) is 10.0 Å². The Kier molecular flexibility index (Phi) is 2.38. The number of rotatable bonds is 1. The van der Waals surface area contributed by atoms with Crippen molar-refractivity contribution in [1.29, 1.82) is 0 Å². The zero-order valence-corrected chi connectivity index (χ0v) is 7.92. The molecule has 12 heavy (non-hydrogen) atoms. The van der Waals surface area contributed by atoms with Gasteiger partial charge in [-0.3, -0.25) is 0 Å². The molecule has 0 fully saturated rings. The fraction of sp³-hybridized carbons (Fsp3) is 0.125. The minimum atomic E-state index is -1.05. The third kappa shape index (κ3) is 1.58. The minimum Gasteiger partial charge on any atom is -0.508 e. The molecule has 1 aromatic carbocycles. The summed E-state index contributed by atoms with van der Waals surface area (Å²) in [5, 5.41) is 17.8. The van der Waals surface area contributed by atoms with Crippen molar-refractivity contribution in [3.05, 3.63) is 27.7 Å². The number of benzene rings is 1. The molecule has 0 unspecified atom stereocenters. The summed E-state index contributed by atoms with van der Waals surface area (Å²) in [4.78, 5) is 10.5. The average molecular weight is 231 g/mol. The highest BCUT2D eigenvalue weighted by atomic mass is 79.9. The Labute approximate surface area is 77.8 Å². The molecular formula is C8H7BrO3. The van der Waals surface area contributed by atoms with Crippen LogP contribution in [0.15, 0.2) is 16.6 Å². The van der Waals surface area contributed by atoms with Crippen molar-refractivity contribution < 1.29 is 15.0 Å². The fourth-order valence-electron chi connectivity index (χ4n) is 0.788. The number of carboxylic acid groups (broad SMARTS) is 1. The van der Waals surface area contributed by atoms with Gasteiger partial charge >= 0.3 is 5.97 Å². The molecule has 0 aliphatic heterocycles. The summed E-state index contributed by atoms with van der Waals surface area (Å²) in [6.45, 7) is 1.70. The molecule has 1 rings (SSSR count). The SMILES string of the molecule is Cc1c(O)cc(C(=O)O)cc1Br. The van der Waals surface area contributed by atoms with Crippen molar-refractivity contribution in [2.75, 3.05) is 0 Å². The molecule has 1 aromatic rings. The third-order valence-electron chi connectivity index (χ3n) is 1.56. The second-order valence-corrected chi connectivity index (χ2v) is 3.26. The molecule has 0 spiro atoms. The Balaban J connectivity index is 3.31. The van der Waals surface area contributed by atoms with Crippen LogP contribution in [0.25, 0.3) is 0 Å². The van der Waals surface area contributed by atoms with E-state index in [1.54, 1.807) is 6.92 Å². The maximum Gasteiger partial charge on any atom is 0.335 e. The third-order valence-corrected chi connectivity index (χ3v) is 2.39. The second-order valence-electron chi connectivity index (χ2n) is 2.41. The predicted molar refractivity (Wildman–Crippen MR) is 47.5 cm³/mol. The maximum absolute atomic E-state index is 10.5. The first kappa shape index (κ1) is 9.06. The lowest BCUT2D eigenvalue weighted by Gasteiger charge is -2.02. The molecule has 0 saturated heterocycles. The number of carbonyl (C=O) groups is 1. The van der Waals surface area contributed by atoms with E-state index in [1.807, 2.05) is 0 Å². The summed E-state index contributed by atoms with van der Waals surface area (Å²) >= 11 is 3.14. The molecular weight excluding hydrogens is 224 g/mol. The molecule has 0 saturated carbocycles. The van der Waals surface area contributed by atoms with E-state index in [-0.39, 0.29) is 11.3 Å². The highest BCUT2D eigenvalue weighted by molar-refractivity contribution is 9.10. The largest absolute Gasteiger partial charge is 0.508 e. The predicted octanol–water partition coefficient (Wildman–Crippen LogP) is 2.16. The monoisotopic (exact) mass is 230 g/mol. The van der Waals surface area contributed by atoms with Crippen LogP contribution in [0.5, 0.6) is 5.75 Å². The van der Waals surface area contributed by atoms with E-state index < -0.39 is 5.97 Å². The molecule has 2 N–H and O–H groups in total. The van der Waals surface area contributed by atoms with Crippen LogP contribution in [-0.2, 0) is 0 Å². The summed E-state index contributed by atoms with van der Waals surface area (Å²) < 4.78 is 0.597. The van der Waals surface area contributed by atoms with Gasteiger partial charge in [0.2, 0.25) is 0 Å². The van der Waals surface area contributed by atoms with Crippen LogP contribution >= 0.6 is 15.9 Å². The van der Waals surface area contributed by atoms with Gasteiger partial charge in [0, 0.05) is 10.0 Å². The van der Waals surface area contributed by atoms with Crippen LogP contribution < -0.4 is 0 Å². The van der Waals surface area contributed by atoms with Crippen molar-refractivity contribution >= 4 is 21.9 Å². The van der Waals surface area contributed by atoms with Gasteiger partial charge in [0.1, 0.15) is 5.75 Å². The molecule has 0 radical (unpaired) electrons. The lowest BCUT2D eigenvalue weighted by molar-refractivity contribution is 0.0696. The number of hydrogen-bond acceptors (Lipinski definition) is 2. The smallest absolute Gasteiger partial charge is 0.335 e. The van der Waals surface area contributed by atoms with E-state index in [2.05, 4.69) is 15.9 Å². The summed E-state index contributed by atoms with van der Waals surface area (Å²) in [6, 6.07) is 2.68. The van der Waals surface area contributed by atoms with Crippen LogP contribution in [0, 0.1) is 6.92 Å². The summed E-state index contributed by atoms with van der Waals surface area (Å²) in [5.74, 6) is -1.06. The first-order chi connectivity index (χ1) is 5.52. The fourth-order valence-corrected chi connectivity index (χ4v) is 1.24. The van der Waals surface area contributed by atoms with Gasteiger partial charge in [0.05, 0.1) is 5.56 Å². The van der Waals surface area contributed by atoms with E-state index in [4.69, 9.17) is 5.11 Å². The van der Waals surface area contributed by atoms with Crippen molar-refractivity contribution in [2.24, 2.45) is 0 Å². The molecule has 0 atom stereocenters. The van der Waals surface area contributed by atoms with Gasteiger partial charge in [-0.1, -0.05) is 15.9 Å². The second kappa shape index (κ2) is 3.15. The summed E-state index contributed by atoms with van der Waals surface area (Å²) in [7, 11) is 0. The lowest BCUT2D eigenvalue weighted by Crippen LogP contribution is -1.96. The van der Waals surface area contributed by atoms with E-state index in [9.17, 15) is 9.90 Å². The molecule has 0 aliphatic carbocycles. The first-order valence-corrected chi connectivity index (χ1v) is 4.04. The van der Waals surface area contributed by atoms with Gasteiger partial charge in [-0.05, 0) is 19.1 Å². The van der Waals surface area contributed by atoms with Gasteiger partial charge in [-0.2, -0.15) is 0 Å². The zero-order chi connectivity index (χ0) is 9.30. The Morgan fingerprint density at radius 3 is 2.50 bits per heavy atom. The lowest BCUT2D eigenvalue weighted by atomic mass is 10.1. The van der Waals surface area contributed by atoms with E-state index in [1.165, 1.54) is 12.1 Å². The van der Waals surface area contributed by atoms with Crippen LogP contribution in [0.4, 0.5) is 0 Å². The average Bonchev–Trinajstić information content (AvgIpc) is 1.99. The number of aromatic carboxylic acids is 1. The molecule has 3 nitrogen and oxygen atoms in total. The normalized spacial score (nSPS) is 9.83. The molecule has 0 heterocycles. The van der Waals surface area contributed by atoms with Crippen molar-refractivity contribution in [3.63, 3.8) is 0 Å². The Morgan fingerprint density at radius 1 is 1.50 bits per heavy atom. The zero-order valence-electron chi connectivity index (χ0n) is 6.34. The van der Waals surface area contributed by atoms with Crippen LogP contribution in [-0.4, -0.2) is 16.2 Å². The molecule has 64 valence electrons. The number of hydrogen-bond donors (Lipinski definition) is 2. The van der Waals surface area contributed by atoms with Gasteiger partial charge < -0.3 is 10.2 Å². The number of phenolic OH excluding ortho intramolecular Hbond substituents is 1. The number of carboxylic acids is 1. The molecule has 0 aromatic heterocycles. The van der Waals surface area contributed by atoms with Crippen LogP contribution in [0.1, 0.15) is 15.9 Å². The Hall–Kier alpha value is -1.03. The number of aromatic hydroxyl groups is 1. The Bertz CT molecular complexity index is 310.